The SMILES string of the molecule is CC(C)CC(NC(=O)C(Cc1ccccc1)NC(=O)C1CCCN1C(=O)C(N)Cc1ccc(O)cc1)C(=O)O. The summed E-state index contributed by atoms with van der Waals surface area (Å²) in [4.78, 5) is 53.0. The number of amides is 3. The van der Waals surface area contributed by atoms with Crippen molar-refractivity contribution >= 4 is 23.7 Å². The third-order valence-corrected chi connectivity index (χ3v) is 6.79. The van der Waals surface area contributed by atoms with Gasteiger partial charge in [-0.05, 0) is 54.9 Å². The predicted molar refractivity (Wildman–Crippen MR) is 146 cm³/mol. The molecule has 4 unspecified atom stereocenters. The molecule has 3 rings (SSSR count). The summed E-state index contributed by atoms with van der Waals surface area (Å²) >= 11 is 0. The van der Waals surface area contributed by atoms with E-state index in [1.54, 1.807) is 12.1 Å². The predicted octanol–water partition coefficient (Wildman–Crippen LogP) is 1.60. The maximum atomic E-state index is 13.4. The third kappa shape index (κ3) is 8.54. The third-order valence-electron chi connectivity index (χ3n) is 6.79. The number of benzene rings is 2. The van der Waals surface area contributed by atoms with Crippen LogP contribution in [0.3, 0.4) is 0 Å². The van der Waals surface area contributed by atoms with Crippen molar-refractivity contribution < 1.29 is 29.4 Å². The van der Waals surface area contributed by atoms with Crippen LogP contribution in [0.25, 0.3) is 0 Å². The molecule has 210 valence electrons. The minimum atomic E-state index is -1.14. The molecule has 0 bridgehead atoms. The van der Waals surface area contributed by atoms with Crippen molar-refractivity contribution in [3.63, 3.8) is 0 Å². The van der Waals surface area contributed by atoms with E-state index in [2.05, 4.69) is 10.6 Å². The molecule has 0 radical (unpaired) electrons. The second kappa shape index (κ2) is 13.7. The van der Waals surface area contributed by atoms with E-state index >= 15 is 0 Å². The van der Waals surface area contributed by atoms with E-state index in [4.69, 9.17) is 5.73 Å². The van der Waals surface area contributed by atoms with Gasteiger partial charge in [0.05, 0.1) is 6.04 Å². The Morgan fingerprint density at radius 3 is 2.21 bits per heavy atom. The Morgan fingerprint density at radius 2 is 1.59 bits per heavy atom. The topological polar surface area (TPSA) is 162 Å². The molecule has 1 aliphatic heterocycles. The number of carboxylic acid groups (broad SMARTS) is 1. The number of hydrogen-bond donors (Lipinski definition) is 5. The van der Waals surface area contributed by atoms with Crippen LogP contribution < -0.4 is 16.4 Å². The molecule has 3 amide bonds. The van der Waals surface area contributed by atoms with E-state index in [0.29, 0.717) is 19.4 Å². The fourth-order valence-electron chi connectivity index (χ4n) is 4.78. The Morgan fingerprint density at radius 1 is 0.949 bits per heavy atom. The molecule has 1 saturated heterocycles. The van der Waals surface area contributed by atoms with E-state index in [9.17, 15) is 29.4 Å². The van der Waals surface area contributed by atoms with Crippen molar-refractivity contribution in [1.29, 1.82) is 0 Å². The number of nitrogens with one attached hydrogen (secondary N) is 2. The highest BCUT2D eigenvalue weighted by Gasteiger charge is 2.38. The van der Waals surface area contributed by atoms with Gasteiger partial charge in [-0.3, -0.25) is 14.4 Å². The highest BCUT2D eigenvalue weighted by Crippen LogP contribution is 2.20. The second-order valence-electron chi connectivity index (χ2n) is 10.4. The lowest BCUT2D eigenvalue weighted by Crippen LogP contribution is -2.57. The summed E-state index contributed by atoms with van der Waals surface area (Å²) in [5, 5.41) is 24.4. The van der Waals surface area contributed by atoms with Gasteiger partial charge in [-0.15, -0.1) is 0 Å². The summed E-state index contributed by atoms with van der Waals surface area (Å²) in [5.41, 5.74) is 7.77. The Bertz CT molecular complexity index is 1140. The molecular formula is C29H38N4O6. The zero-order valence-corrected chi connectivity index (χ0v) is 22.4. The number of phenols is 1. The van der Waals surface area contributed by atoms with Gasteiger partial charge in [0, 0.05) is 13.0 Å². The average molecular weight is 539 g/mol. The molecular weight excluding hydrogens is 500 g/mol. The molecule has 39 heavy (non-hydrogen) atoms. The van der Waals surface area contributed by atoms with Gasteiger partial charge in [0.1, 0.15) is 23.9 Å². The van der Waals surface area contributed by atoms with E-state index in [-0.39, 0.29) is 36.8 Å². The van der Waals surface area contributed by atoms with Crippen LogP contribution in [-0.2, 0) is 32.0 Å². The molecule has 0 aromatic heterocycles. The lowest BCUT2D eigenvalue weighted by Gasteiger charge is -2.29. The molecule has 4 atom stereocenters. The number of carbonyl (C=O) groups is 4. The van der Waals surface area contributed by atoms with Crippen LogP contribution in [0.2, 0.25) is 0 Å². The van der Waals surface area contributed by atoms with Crippen molar-refractivity contribution in [2.75, 3.05) is 6.54 Å². The van der Waals surface area contributed by atoms with E-state index < -0.39 is 42.0 Å². The number of aromatic hydroxyl groups is 1. The zero-order valence-electron chi connectivity index (χ0n) is 22.4. The molecule has 0 spiro atoms. The normalized spacial score (nSPS) is 17.3. The van der Waals surface area contributed by atoms with Crippen LogP contribution in [0, 0.1) is 5.92 Å². The van der Waals surface area contributed by atoms with Gasteiger partial charge >= 0.3 is 5.97 Å². The molecule has 0 aliphatic carbocycles. The van der Waals surface area contributed by atoms with E-state index in [0.717, 1.165) is 11.1 Å². The largest absolute Gasteiger partial charge is 0.508 e. The van der Waals surface area contributed by atoms with Crippen molar-refractivity contribution in [2.45, 2.75) is 70.1 Å². The summed E-state index contributed by atoms with van der Waals surface area (Å²) in [6.07, 6.45) is 1.69. The number of aliphatic carboxylic acids is 1. The first-order valence-electron chi connectivity index (χ1n) is 13.3. The van der Waals surface area contributed by atoms with Crippen LogP contribution in [0.4, 0.5) is 0 Å². The van der Waals surface area contributed by atoms with Crippen molar-refractivity contribution in [3.05, 3.63) is 65.7 Å². The quantitative estimate of drug-likeness (QED) is 0.274. The first-order chi connectivity index (χ1) is 18.5. The maximum Gasteiger partial charge on any atom is 0.326 e. The standard InChI is InChI=1S/C29H38N4O6/c1-18(2)15-24(29(38)39)32-26(35)23(17-19-7-4-3-5-8-19)31-27(36)25-9-6-14-33(25)28(37)22(30)16-20-10-12-21(34)13-11-20/h3-5,7-8,10-13,18,22-25,34H,6,9,14-17,30H2,1-2H3,(H,31,36)(H,32,35)(H,38,39). The first-order valence-corrected chi connectivity index (χ1v) is 13.3. The number of nitrogens with zero attached hydrogens (tertiary/aromatic N) is 1. The van der Waals surface area contributed by atoms with Gasteiger partial charge < -0.3 is 31.5 Å². The fraction of sp³-hybridized carbons (Fsp3) is 0.448. The van der Waals surface area contributed by atoms with Gasteiger partial charge in [-0.2, -0.15) is 0 Å². The molecule has 2 aromatic rings. The monoisotopic (exact) mass is 538 g/mol. The number of nitrogens with two attached hydrogens (primary N) is 1. The number of carboxylic acids is 1. The maximum absolute atomic E-state index is 13.4. The summed E-state index contributed by atoms with van der Waals surface area (Å²) in [5.74, 6) is -2.44. The van der Waals surface area contributed by atoms with Gasteiger partial charge in [0.2, 0.25) is 17.7 Å². The lowest BCUT2D eigenvalue weighted by atomic mass is 10.0. The van der Waals surface area contributed by atoms with Gasteiger partial charge in [0.25, 0.3) is 0 Å². The summed E-state index contributed by atoms with van der Waals surface area (Å²) in [7, 11) is 0. The molecule has 10 heteroatoms. The van der Waals surface area contributed by atoms with Gasteiger partial charge in [0.15, 0.2) is 0 Å². The Kier molecular flexibility index (Phi) is 10.4. The fourth-order valence-corrected chi connectivity index (χ4v) is 4.78. The highest BCUT2D eigenvalue weighted by molar-refractivity contribution is 5.94. The van der Waals surface area contributed by atoms with Crippen molar-refractivity contribution in [2.24, 2.45) is 11.7 Å². The van der Waals surface area contributed by atoms with E-state index in [1.165, 1.54) is 17.0 Å². The Labute approximate surface area is 228 Å². The molecule has 10 nitrogen and oxygen atoms in total. The minimum absolute atomic E-state index is 0.0393. The molecule has 0 saturated carbocycles. The molecule has 1 aliphatic rings. The van der Waals surface area contributed by atoms with Crippen LogP contribution in [0.5, 0.6) is 5.75 Å². The smallest absolute Gasteiger partial charge is 0.326 e. The van der Waals surface area contributed by atoms with E-state index in [1.807, 2.05) is 44.2 Å². The summed E-state index contributed by atoms with van der Waals surface area (Å²) in [6, 6.07) is 11.7. The van der Waals surface area contributed by atoms with Crippen LogP contribution in [-0.4, -0.2) is 69.5 Å². The number of hydrogen-bond acceptors (Lipinski definition) is 6. The number of carbonyl (C=O) groups excluding carboxylic acids is 3. The van der Waals surface area contributed by atoms with Crippen LogP contribution >= 0.6 is 0 Å². The van der Waals surface area contributed by atoms with Gasteiger partial charge in [-0.25, -0.2) is 4.79 Å². The molecule has 2 aromatic carbocycles. The first kappa shape index (κ1) is 29.6. The van der Waals surface area contributed by atoms with Crippen molar-refractivity contribution in [3.8, 4) is 5.75 Å². The zero-order chi connectivity index (χ0) is 28.5. The number of phenolic OH excluding ortho intramolecular Hbond substituents is 1. The minimum Gasteiger partial charge on any atom is -0.508 e. The average Bonchev–Trinajstić information content (AvgIpc) is 3.39. The second-order valence-corrected chi connectivity index (χ2v) is 10.4. The van der Waals surface area contributed by atoms with Crippen molar-refractivity contribution in [1.82, 2.24) is 15.5 Å². The lowest BCUT2D eigenvalue weighted by molar-refractivity contribution is -0.143. The molecule has 6 N–H and O–H groups in total. The summed E-state index contributed by atoms with van der Waals surface area (Å²) in [6.45, 7) is 4.10. The summed E-state index contributed by atoms with van der Waals surface area (Å²) < 4.78 is 0. The van der Waals surface area contributed by atoms with Crippen LogP contribution in [0.1, 0.15) is 44.2 Å². The van der Waals surface area contributed by atoms with Crippen LogP contribution in [0.15, 0.2) is 54.6 Å². The Balaban J connectivity index is 1.72. The Hall–Kier alpha value is -3.92. The number of rotatable bonds is 12. The number of likely N-dealkylation sites (tertiary alicyclic amines) is 1. The highest BCUT2D eigenvalue weighted by atomic mass is 16.4. The molecule has 1 heterocycles. The molecule has 1 fully saturated rings. The van der Waals surface area contributed by atoms with Gasteiger partial charge in [-0.1, -0.05) is 56.3 Å².